The summed E-state index contributed by atoms with van der Waals surface area (Å²) >= 11 is 0. The van der Waals surface area contributed by atoms with Gasteiger partial charge in [-0.2, -0.15) is 5.10 Å². The molecule has 42 heavy (non-hydrogen) atoms. The molecule has 14 heteroatoms. The summed E-state index contributed by atoms with van der Waals surface area (Å²) < 4.78 is 53.5. The lowest BCUT2D eigenvalue weighted by Gasteiger charge is -2.20. The number of ether oxygens (including phenoxy) is 4. The first kappa shape index (κ1) is 28.8. The zero-order valence-electron chi connectivity index (χ0n) is 23.2. The summed E-state index contributed by atoms with van der Waals surface area (Å²) in [5, 5.41) is 10.9. The summed E-state index contributed by atoms with van der Waals surface area (Å²) in [6.45, 7) is 5.01. The number of nitrogens with one attached hydrogen (secondary N) is 2. The number of carbonyl (C=O) groups is 1. The van der Waals surface area contributed by atoms with Gasteiger partial charge in [-0.05, 0) is 12.1 Å². The summed E-state index contributed by atoms with van der Waals surface area (Å²) in [5.41, 5.74) is 0.834. The van der Waals surface area contributed by atoms with Crippen molar-refractivity contribution in [1.82, 2.24) is 30.0 Å². The second-order valence-corrected chi connectivity index (χ2v) is 9.36. The van der Waals surface area contributed by atoms with Crippen molar-refractivity contribution in [3.8, 4) is 34.0 Å². The lowest BCUT2D eigenvalue weighted by atomic mass is 10.0. The summed E-state index contributed by atoms with van der Waals surface area (Å²) in [4.78, 5) is 25.6. The molecule has 1 aromatic carbocycles. The van der Waals surface area contributed by atoms with Gasteiger partial charge >= 0.3 is 0 Å². The minimum Gasteiger partial charge on any atom is -0.494 e. The molecule has 1 aliphatic heterocycles. The van der Waals surface area contributed by atoms with Gasteiger partial charge in [-0.3, -0.25) is 9.48 Å². The van der Waals surface area contributed by atoms with E-state index in [4.69, 9.17) is 23.9 Å². The smallest absolute Gasteiger partial charge is 0.243 e. The Balaban J connectivity index is 1.63. The SMILES string of the molecule is C=CC(=O)N[C@H]1COC[C@H]1Nc1ncc2cc(-c3c(F)c(OC)cc(OC)c3F)nc(-c3cnn(CCOC)c3)c2n1. The zero-order valence-corrected chi connectivity index (χ0v) is 23.2. The minimum absolute atomic E-state index is 0.0185. The largest absolute Gasteiger partial charge is 0.494 e. The number of pyridine rings is 1. The number of amides is 1. The number of nitrogens with zero attached hydrogens (tertiary/aromatic N) is 5. The van der Waals surface area contributed by atoms with E-state index < -0.39 is 17.2 Å². The summed E-state index contributed by atoms with van der Waals surface area (Å²) in [5.74, 6) is -2.35. The van der Waals surface area contributed by atoms with Crippen molar-refractivity contribution in [3.05, 3.63) is 55.0 Å². The summed E-state index contributed by atoms with van der Waals surface area (Å²) in [6.07, 6.45) is 6.04. The average molecular weight is 582 g/mol. The van der Waals surface area contributed by atoms with E-state index in [1.165, 1.54) is 32.6 Å². The minimum atomic E-state index is -0.933. The van der Waals surface area contributed by atoms with Crippen molar-refractivity contribution >= 4 is 22.8 Å². The molecule has 1 saturated heterocycles. The monoisotopic (exact) mass is 581 g/mol. The first-order chi connectivity index (χ1) is 20.4. The fraction of sp³-hybridized carbons (Fsp3) is 0.321. The predicted octanol–water partition coefficient (Wildman–Crippen LogP) is 2.98. The van der Waals surface area contributed by atoms with Crippen molar-refractivity contribution in [2.45, 2.75) is 18.6 Å². The van der Waals surface area contributed by atoms with Crippen LogP contribution < -0.4 is 20.1 Å². The molecule has 4 aromatic rings. The number of aromatic nitrogens is 5. The molecule has 2 N–H and O–H groups in total. The molecule has 12 nitrogen and oxygen atoms in total. The van der Waals surface area contributed by atoms with Crippen molar-refractivity contribution in [2.75, 3.05) is 46.5 Å². The van der Waals surface area contributed by atoms with Crippen LogP contribution in [0.3, 0.4) is 0 Å². The summed E-state index contributed by atoms with van der Waals surface area (Å²) in [7, 11) is 4.14. The Labute approximate surface area is 239 Å². The van der Waals surface area contributed by atoms with Gasteiger partial charge in [0.1, 0.15) is 11.2 Å². The molecular weight excluding hydrogens is 552 g/mol. The number of carbonyl (C=O) groups excluding carboxylic acids is 1. The molecule has 2 atom stereocenters. The number of methoxy groups -OCH3 is 3. The Morgan fingerprint density at radius 3 is 2.55 bits per heavy atom. The molecule has 0 saturated carbocycles. The number of halogens is 2. The fourth-order valence-corrected chi connectivity index (χ4v) is 4.59. The fourth-order valence-electron chi connectivity index (χ4n) is 4.59. The van der Waals surface area contributed by atoms with Crippen LogP contribution in [0.25, 0.3) is 33.4 Å². The van der Waals surface area contributed by atoms with E-state index in [2.05, 4.69) is 32.3 Å². The highest BCUT2D eigenvalue weighted by atomic mass is 19.1. The van der Waals surface area contributed by atoms with Crippen molar-refractivity contribution in [2.24, 2.45) is 0 Å². The van der Waals surface area contributed by atoms with Gasteiger partial charge in [0.2, 0.25) is 11.9 Å². The van der Waals surface area contributed by atoms with Crippen LogP contribution in [-0.2, 0) is 20.8 Å². The van der Waals surface area contributed by atoms with Crippen molar-refractivity contribution in [1.29, 1.82) is 0 Å². The Kier molecular flexibility index (Phi) is 8.54. The molecule has 0 spiro atoms. The van der Waals surface area contributed by atoms with E-state index >= 15 is 8.78 Å². The van der Waals surface area contributed by atoms with Gasteiger partial charge in [-0.25, -0.2) is 23.7 Å². The van der Waals surface area contributed by atoms with Gasteiger partial charge in [0.15, 0.2) is 23.1 Å². The van der Waals surface area contributed by atoms with E-state index in [1.54, 1.807) is 24.2 Å². The Hall–Kier alpha value is -4.69. The highest BCUT2D eigenvalue weighted by Gasteiger charge is 2.30. The number of hydrogen-bond donors (Lipinski definition) is 2. The van der Waals surface area contributed by atoms with Crippen molar-refractivity contribution in [3.63, 3.8) is 0 Å². The number of hydrogen-bond acceptors (Lipinski definition) is 10. The molecule has 5 rings (SSSR count). The first-order valence-corrected chi connectivity index (χ1v) is 12.9. The quantitative estimate of drug-likeness (QED) is 0.255. The molecule has 1 aliphatic rings. The van der Waals surface area contributed by atoms with E-state index in [0.717, 1.165) is 6.07 Å². The van der Waals surface area contributed by atoms with Gasteiger partial charge in [-0.1, -0.05) is 6.58 Å². The molecule has 0 aliphatic carbocycles. The maximum absolute atomic E-state index is 15.5. The van der Waals surface area contributed by atoms with Crippen LogP contribution >= 0.6 is 0 Å². The van der Waals surface area contributed by atoms with Crippen LogP contribution in [0.15, 0.2) is 43.4 Å². The number of fused-ring (bicyclic) bond motifs is 1. The van der Waals surface area contributed by atoms with Gasteiger partial charge in [0, 0.05) is 36.5 Å². The third-order valence-corrected chi connectivity index (χ3v) is 6.73. The van der Waals surface area contributed by atoms with E-state index in [9.17, 15) is 4.79 Å². The van der Waals surface area contributed by atoms with Crippen LogP contribution in [0.4, 0.5) is 14.7 Å². The third kappa shape index (κ3) is 5.71. The van der Waals surface area contributed by atoms with Gasteiger partial charge < -0.3 is 29.6 Å². The van der Waals surface area contributed by atoms with Gasteiger partial charge in [0.05, 0.1) is 70.1 Å². The highest BCUT2D eigenvalue weighted by Crippen LogP contribution is 2.39. The predicted molar refractivity (Wildman–Crippen MR) is 149 cm³/mol. The van der Waals surface area contributed by atoms with Crippen LogP contribution in [0.2, 0.25) is 0 Å². The molecule has 3 aromatic heterocycles. The molecule has 1 amide bonds. The number of benzene rings is 1. The normalized spacial score (nSPS) is 16.4. The van der Waals surface area contributed by atoms with Crippen molar-refractivity contribution < 1.29 is 32.5 Å². The van der Waals surface area contributed by atoms with E-state index in [0.29, 0.717) is 48.5 Å². The molecule has 1 fully saturated rings. The van der Waals surface area contributed by atoms with Gasteiger partial charge in [-0.15, -0.1) is 0 Å². The third-order valence-electron chi connectivity index (χ3n) is 6.73. The van der Waals surface area contributed by atoms with Crippen LogP contribution in [-0.4, -0.2) is 83.9 Å². The van der Waals surface area contributed by atoms with Crippen LogP contribution in [0.1, 0.15) is 0 Å². The molecule has 0 unspecified atom stereocenters. The van der Waals surface area contributed by atoms with E-state index in [-0.39, 0.29) is 41.1 Å². The second kappa shape index (κ2) is 12.4. The van der Waals surface area contributed by atoms with Crippen LogP contribution in [0, 0.1) is 11.6 Å². The maximum atomic E-state index is 15.5. The zero-order chi connectivity index (χ0) is 29.8. The molecule has 220 valence electrons. The lowest BCUT2D eigenvalue weighted by Crippen LogP contribution is -2.45. The number of anilines is 1. The molecular formula is C28H29F2N7O5. The second-order valence-electron chi connectivity index (χ2n) is 9.36. The Morgan fingerprint density at radius 2 is 1.86 bits per heavy atom. The summed E-state index contributed by atoms with van der Waals surface area (Å²) in [6, 6.07) is 1.98. The highest BCUT2D eigenvalue weighted by molar-refractivity contribution is 5.94. The maximum Gasteiger partial charge on any atom is 0.243 e. The lowest BCUT2D eigenvalue weighted by molar-refractivity contribution is -0.117. The Bertz CT molecular complexity index is 1600. The number of rotatable bonds is 11. The standard InChI is InChI=1S/C28H29F2N7O5/c1-5-22(38)33-18-13-42-14-19(18)35-28-31-10-15-8-17(23-24(29)20(40-3)9-21(41-4)25(23)30)34-27(26(15)36-28)16-11-32-37(12-16)6-7-39-2/h5,8-12,18-19H,1,6-7,13-14H2,2-4H3,(H,33,38)(H,31,35,36)/t18-,19+/m0/s1. The molecule has 0 bridgehead atoms. The first-order valence-electron chi connectivity index (χ1n) is 12.9. The topological polar surface area (TPSA) is 135 Å². The van der Waals surface area contributed by atoms with Gasteiger partial charge in [0.25, 0.3) is 0 Å². The van der Waals surface area contributed by atoms with Crippen LogP contribution in [0.5, 0.6) is 11.5 Å². The van der Waals surface area contributed by atoms with E-state index in [1.807, 2.05) is 0 Å². The molecule has 0 radical (unpaired) electrons. The average Bonchev–Trinajstić information content (AvgIpc) is 3.65. The Morgan fingerprint density at radius 1 is 1.12 bits per heavy atom. The molecule has 4 heterocycles.